The number of carbonyl (C=O) groups excluding carboxylic acids is 2. The van der Waals surface area contributed by atoms with Crippen molar-refractivity contribution in [1.29, 1.82) is 0 Å². The Morgan fingerprint density at radius 2 is 1.85 bits per heavy atom. The van der Waals surface area contributed by atoms with E-state index in [0.29, 0.717) is 6.54 Å². The number of carbonyl (C=O) groups is 2. The number of hydrogen-bond acceptors (Lipinski definition) is 5. The summed E-state index contributed by atoms with van der Waals surface area (Å²) in [4.78, 5) is 30.9. The van der Waals surface area contributed by atoms with Gasteiger partial charge in [-0.25, -0.2) is 5.01 Å². The highest BCUT2D eigenvalue weighted by Gasteiger charge is 2.38. The second kappa shape index (κ2) is 10.4. The van der Waals surface area contributed by atoms with Crippen molar-refractivity contribution in [3.63, 3.8) is 0 Å². The van der Waals surface area contributed by atoms with Crippen molar-refractivity contribution in [2.75, 3.05) is 58.9 Å². The first-order valence-electron chi connectivity index (χ1n) is 9.93. The zero-order chi connectivity index (χ0) is 19.1. The predicted octanol–water partition coefficient (Wildman–Crippen LogP) is 0.595. The van der Waals surface area contributed by atoms with Crippen LogP contribution in [0.15, 0.2) is 0 Å². The quantitative estimate of drug-likeness (QED) is 0.618. The van der Waals surface area contributed by atoms with Gasteiger partial charge >= 0.3 is 0 Å². The molecule has 2 fully saturated rings. The molecule has 150 valence electrons. The molecule has 1 N–H and O–H groups in total. The van der Waals surface area contributed by atoms with Crippen LogP contribution in [-0.2, 0) is 9.59 Å². The van der Waals surface area contributed by atoms with Crippen molar-refractivity contribution in [2.24, 2.45) is 0 Å². The van der Waals surface area contributed by atoms with Crippen LogP contribution < -0.4 is 5.43 Å². The number of rotatable bonds is 8. The van der Waals surface area contributed by atoms with Crippen LogP contribution in [0.25, 0.3) is 0 Å². The topological polar surface area (TPSA) is 59.1 Å². The van der Waals surface area contributed by atoms with E-state index in [1.807, 2.05) is 23.8 Å². The minimum absolute atomic E-state index is 0.0305. The van der Waals surface area contributed by atoms with E-state index in [1.165, 1.54) is 0 Å². The molecular formula is C18H34ClN5O2. The fourth-order valence-corrected chi connectivity index (χ4v) is 3.96. The normalized spacial score (nSPS) is 25.9. The van der Waals surface area contributed by atoms with Gasteiger partial charge in [-0.2, -0.15) is 0 Å². The SMILES string of the molecule is CCCCN1CC(N2CCN(CC(=O)N(CC)CC)CC2)C(Cl)C(=O)N1. The summed E-state index contributed by atoms with van der Waals surface area (Å²) in [6, 6.07) is 0.0305. The number of hydrazine groups is 1. The highest BCUT2D eigenvalue weighted by atomic mass is 35.5. The first-order valence-corrected chi connectivity index (χ1v) is 10.4. The van der Waals surface area contributed by atoms with Crippen LogP contribution >= 0.6 is 11.6 Å². The predicted molar refractivity (Wildman–Crippen MR) is 104 cm³/mol. The first-order chi connectivity index (χ1) is 12.5. The Hall–Kier alpha value is -0.890. The fourth-order valence-electron chi connectivity index (χ4n) is 3.67. The van der Waals surface area contributed by atoms with E-state index in [4.69, 9.17) is 11.6 Å². The number of amides is 2. The largest absolute Gasteiger partial charge is 0.342 e. The van der Waals surface area contributed by atoms with Crippen LogP contribution in [0.1, 0.15) is 33.6 Å². The summed E-state index contributed by atoms with van der Waals surface area (Å²) in [6.45, 7) is 13.1. The molecule has 0 aromatic rings. The monoisotopic (exact) mass is 387 g/mol. The summed E-state index contributed by atoms with van der Waals surface area (Å²) in [6.07, 6.45) is 2.15. The molecule has 2 amide bonds. The molecule has 0 spiro atoms. The van der Waals surface area contributed by atoms with Gasteiger partial charge in [0, 0.05) is 58.4 Å². The molecule has 0 aliphatic carbocycles. The first kappa shape index (κ1) is 21.4. The Labute approximate surface area is 162 Å². The molecule has 8 heteroatoms. The molecule has 2 aliphatic rings. The van der Waals surface area contributed by atoms with Crippen LogP contribution in [0.4, 0.5) is 0 Å². The average molecular weight is 388 g/mol. The molecule has 0 bridgehead atoms. The van der Waals surface area contributed by atoms with Crippen LogP contribution in [-0.4, -0.2) is 102 Å². The number of alkyl halides is 1. The highest BCUT2D eigenvalue weighted by molar-refractivity contribution is 6.31. The number of piperazine rings is 1. The number of hydrogen-bond donors (Lipinski definition) is 1. The van der Waals surface area contributed by atoms with Crippen molar-refractivity contribution < 1.29 is 9.59 Å². The molecule has 2 aliphatic heterocycles. The summed E-state index contributed by atoms with van der Waals surface area (Å²) < 4.78 is 0. The lowest BCUT2D eigenvalue weighted by atomic mass is 10.1. The van der Waals surface area contributed by atoms with Crippen molar-refractivity contribution in [1.82, 2.24) is 25.1 Å². The molecule has 2 rings (SSSR count). The zero-order valence-electron chi connectivity index (χ0n) is 16.4. The standard InChI is InChI=1S/C18H34ClN5O2/c1-4-7-8-24-13-15(17(19)18(26)20-24)23-11-9-21(10-12-23)14-16(25)22(5-2)6-3/h15,17H,4-14H2,1-3H3,(H,20,26). The zero-order valence-corrected chi connectivity index (χ0v) is 17.2. The number of halogens is 1. The molecule has 26 heavy (non-hydrogen) atoms. The van der Waals surface area contributed by atoms with Crippen LogP contribution in [0.5, 0.6) is 0 Å². The van der Waals surface area contributed by atoms with Gasteiger partial charge in [0.25, 0.3) is 5.91 Å². The van der Waals surface area contributed by atoms with Gasteiger partial charge in [-0.15, -0.1) is 11.6 Å². The van der Waals surface area contributed by atoms with Gasteiger partial charge in [0.15, 0.2) is 0 Å². The van der Waals surface area contributed by atoms with Crippen LogP contribution in [0, 0.1) is 0 Å². The maximum atomic E-state index is 12.3. The molecular weight excluding hydrogens is 354 g/mol. The smallest absolute Gasteiger partial charge is 0.253 e. The Morgan fingerprint density at radius 1 is 1.19 bits per heavy atom. The van der Waals surface area contributed by atoms with Gasteiger partial charge in [0.1, 0.15) is 5.38 Å². The van der Waals surface area contributed by atoms with E-state index in [0.717, 1.165) is 65.2 Å². The van der Waals surface area contributed by atoms with E-state index in [2.05, 4.69) is 22.1 Å². The van der Waals surface area contributed by atoms with Crippen LogP contribution in [0.2, 0.25) is 0 Å². The number of nitrogens with zero attached hydrogens (tertiary/aromatic N) is 4. The van der Waals surface area contributed by atoms with E-state index >= 15 is 0 Å². The molecule has 2 atom stereocenters. The van der Waals surface area contributed by atoms with E-state index in [1.54, 1.807) is 0 Å². The van der Waals surface area contributed by atoms with Gasteiger partial charge < -0.3 is 4.90 Å². The summed E-state index contributed by atoms with van der Waals surface area (Å²) in [5.74, 6) is 0.0969. The second-order valence-corrected chi connectivity index (χ2v) is 7.59. The Morgan fingerprint density at radius 3 is 2.42 bits per heavy atom. The molecule has 0 aromatic carbocycles. The Kier molecular flexibility index (Phi) is 8.60. The van der Waals surface area contributed by atoms with E-state index in [-0.39, 0.29) is 17.9 Å². The fraction of sp³-hybridized carbons (Fsp3) is 0.889. The lowest BCUT2D eigenvalue weighted by Gasteiger charge is -2.45. The maximum Gasteiger partial charge on any atom is 0.253 e. The van der Waals surface area contributed by atoms with E-state index in [9.17, 15) is 9.59 Å². The van der Waals surface area contributed by atoms with Gasteiger partial charge in [-0.1, -0.05) is 13.3 Å². The molecule has 0 radical (unpaired) electrons. The van der Waals surface area contributed by atoms with Gasteiger partial charge in [0.05, 0.1) is 6.54 Å². The summed E-state index contributed by atoms with van der Waals surface area (Å²) >= 11 is 6.41. The maximum absolute atomic E-state index is 12.3. The molecule has 2 saturated heterocycles. The van der Waals surface area contributed by atoms with Crippen molar-refractivity contribution in [3.8, 4) is 0 Å². The summed E-state index contributed by atoms with van der Waals surface area (Å²) in [5.41, 5.74) is 2.91. The highest BCUT2D eigenvalue weighted by Crippen LogP contribution is 2.19. The molecule has 2 unspecified atom stereocenters. The molecule has 2 heterocycles. The third-order valence-electron chi connectivity index (χ3n) is 5.40. The average Bonchev–Trinajstić information content (AvgIpc) is 2.64. The van der Waals surface area contributed by atoms with Crippen LogP contribution in [0.3, 0.4) is 0 Å². The molecule has 0 aromatic heterocycles. The lowest BCUT2D eigenvalue weighted by Crippen LogP contribution is -2.65. The Balaban J connectivity index is 1.85. The lowest BCUT2D eigenvalue weighted by molar-refractivity contribution is -0.133. The van der Waals surface area contributed by atoms with Gasteiger partial charge in [-0.3, -0.25) is 24.8 Å². The second-order valence-electron chi connectivity index (χ2n) is 7.12. The minimum atomic E-state index is -0.517. The number of nitrogens with one attached hydrogen (secondary N) is 1. The molecule has 0 saturated carbocycles. The van der Waals surface area contributed by atoms with Gasteiger partial charge in [0.2, 0.25) is 5.91 Å². The minimum Gasteiger partial charge on any atom is -0.342 e. The number of unbranched alkanes of at least 4 members (excludes halogenated alkanes) is 1. The summed E-state index contributed by atoms with van der Waals surface area (Å²) in [5, 5.41) is 1.49. The van der Waals surface area contributed by atoms with E-state index < -0.39 is 5.38 Å². The van der Waals surface area contributed by atoms with Gasteiger partial charge in [-0.05, 0) is 20.3 Å². The third kappa shape index (κ3) is 5.55. The Bertz CT molecular complexity index is 466. The van der Waals surface area contributed by atoms with Crippen molar-refractivity contribution in [2.45, 2.75) is 45.0 Å². The number of likely N-dealkylation sites (N-methyl/N-ethyl adjacent to an activating group) is 1. The van der Waals surface area contributed by atoms with Crippen molar-refractivity contribution in [3.05, 3.63) is 0 Å². The third-order valence-corrected chi connectivity index (χ3v) is 5.89. The van der Waals surface area contributed by atoms with Crippen molar-refractivity contribution >= 4 is 23.4 Å². The summed E-state index contributed by atoms with van der Waals surface area (Å²) in [7, 11) is 0. The molecule has 7 nitrogen and oxygen atoms in total.